The molecule has 1 amide bonds. The number of nitrogens with zero attached hydrogens (tertiary/aromatic N) is 1. The van der Waals surface area contributed by atoms with Gasteiger partial charge in [-0.15, -0.1) is 0 Å². The van der Waals surface area contributed by atoms with E-state index in [0.29, 0.717) is 0 Å². The van der Waals surface area contributed by atoms with Gasteiger partial charge in [0.2, 0.25) is 5.91 Å². The average molecular weight is 293 g/mol. The van der Waals surface area contributed by atoms with Crippen molar-refractivity contribution in [3.05, 3.63) is 0 Å². The molecule has 1 aliphatic rings. The summed E-state index contributed by atoms with van der Waals surface area (Å²) in [7, 11) is -3.45. The Morgan fingerprint density at radius 3 is 2.58 bits per heavy atom. The van der Waals surface area contributed by atoms with Crippen LogP contribution in [0.15, 0.2) is 0 Å². The van der Waals surface area contributed by atoms with Gasteiger partial charge in [0.1, 0.15) is 5.75 Å². The molecule has 0 bridgehead atoms. The van der Waals surface area contributed by atoms with Crippen LogP contribution in [0.25, 0.3) is 0 Å². The molecule has 0 saturated carbocycles. The van der Waals surface area contributed by atoms with Gasteiger partial charge >= 0.3 is 5.97 Å². The number of carbonyl (C=O) groups excluding carboxylic acids is 1. The highest BCUT2D eigenvalue weighted by molar-refractivity contribution is 7.92. The van der Waals surface area contributed by atoms with Crippen molar-refractivity contribution in [2.24, 2.45) is 5.92 Å². The molecular formula is C11H19NO6S. The van der Waals surface area contributed by atoms with Crippen LogP contribution in [-0.2, 0) is 24.2 Å². The van der Waals surface area contributed by atoms with Crippen molar-refractivity contribution in [1.29, 1.82) is 0 Å². The maximum atomic E-state index is 11.9. The molecule has 0 aliphatic carbocycles. The summed E-state index contributed by atoms with van der Waals surface area (Å²) >= 11 is 0. The van der Waals surface area contributed by atoms with Crippen LogP contribution in [-0.4, -0.2) is 67.6 Å². The molecule has 1 atom stereocenters. The molecule has 0 spiro atoms. The van der Waals surface area contributed by atoms with Gasteiger partial charge in [-0.2, -0.15) is 0 Å². The second kappa shape index (κ2) is 6.33. The topological polar surface area (TPSA) is 101 Å². The van der Waals surface area contributed by atoms with E-state index in [1.165, 1.54) is 4.90 Å². The molecule has 0 aromatic heterocycles. The SMILES string of the molecule is CC(C)CS(=O)(=O)CC(=O)N1CCO[C@H](C(=O)O)C1. The van der Waals surface area contributed by atoms with Crippen LogP contribution in [0.2, 0.25) is 0 Å². The third-order valence-electron chi connectivity index (χ3n) is 2.63. The largest absolute Gasteiger partial charge is 0.479 e. The fourth-order valence-electron chi connectivity index (χ4n) is 1.87. The monoisotopic (exact) mass is 293 g/mol. The number of rotatable bonds is 5. The lowest BCUT2D eigenvalue weighted by molar-refractivity contribution is -0.158. The third-order valence-corrected chi connectivity index (χ3v) is 4.49. The van der Waals surface area contributed by atoms with Crippen LogP contribution < -0.4 is 0 Å². The van der Waals surface area contributed by atoms with Crippen molar-refractivity contribution >= 4 is 21.7 Å². The van der Waals surface area contributed by atoms with Gasteiger partial charge in [0.05, 0.1) is 18.9 Å². The van der Waals surface area contributed by atoms with E-state index in [9.17, 15) is 18.0 Å². The first-order valence-corrected chi connectivity index (χ1v) is 7.86. The summed E-state index contributed by atoms with van der Waals surface area (Å²) in [4.78, 5) is 23.9. The molecule has 1 rings (SSSR count). The molecule has 0 radical (unpaired) electrons. The summed E-state index contributed by atoms with van der Waals surface area (Å²) in [6.45, 7) is 3.74. The second-order valence-electron chi connectivity index (χ2n) is 4.99. The molecule has 1 aliphatic heterocycles. The number of hydrogen-bond donors (Lipinski definition) is 1. The molecule has 0 aromatic carbocycles. The van der Waals surface area contributed by atoms with Gasteiger partial charge < -0.3 is 14.7 Å². The number of carbonyl (C=O) groups is 2. The highest BCUT2D eigenvalue weighted by atomic mass is 32.2. The van der Waals surface area contributed by atoms with Crippen LogP contribution in [0.3, 0.4) is 0 Å². The van der Waals surface area contributed by atoms with E-state index in [-0.39, 0.29) is 31.4 Å². The standard InChI is InChI=1S/C11H19NO6S/c1-8(2)6-19(16,17)7-10(13)12-3-4-18-9(5-12)11(14)15/h8-9H,3-7H2,1-2H3,(H,14,15)/t9-/m0/s1. The molecule has 1 N–H and O–H groups in total. The molecule has 8 heteroatoms. The van der Waals surface area contributed by atoms with Crippen molar-refractivity contribution in [1.82, 2.24) is 4.90 Å². The summed E-state index contributed by atoms with van der Waals surface area (Å²) in [5.41, 5.74) is 0. The van der Waals surface area contributed by atoms with E-state index < -0.39 is 33.6 Å². The Balaban J connectivity index is 2.61. The number of hydrogen-bond acceptors (Lipinski definition) is 5. The van der Waals surface area contributed by atoms with E-state index in [1.54, 1.807) is 13.8 Å². The maximum Gasteiger partial charge on any atom is 0.334 e. The molecule has 1 heterocycles. The number of morpholine rings is 1. The molecule has 7 nitrogen and oxygen atoms in total. The Kier molecular flexibility index (Phi) is 5.30. The fraction of sp³-hybridized carbons (Fsp3) is 0.818. The number of sulfone groups is 1. The number of carboxylic acid groups (broad SMARTS) is 1. The van der Waals surface area contributed by atoms with Crippen molar-refractivity contribution < 1.29 is 27.9 Å². The van der Waals surface area contributed by atoms with Gasteiger partial charge in [-0.3, -0.25) is 4.79 Å². The minimum Gasteiger partial charge on any atom is -0.479 e. The quantitative estimate of drug-likeness (QED) is 0.724. The van der Waals surface area contributed by atoms with Gasteiger partial charge in [-0.05, 0) is 5.92 Å². The lowest BCUT2D eigenvalue weighted by Gasteiger charge is -2.30. The Hall–Kier alpha value is -1.15. The first-order chi connectivity index (χ1) is 8.71. The van der Waals surface area contributed by atoms with Crippen LogP contribution in [0.4, 0.5) is 0 Å². The van der Waals surface area contributed by atoms with Crippen molar-refractivity contribution in [3.63, 3.8) is 0 Å². The second-order valence-corrected chi connectivity index (χ2v) is 7.09. The third kappa shape index (κ3) is 5.15. The maximum absolute atomic E-state index is 11.9. The summed E-state index contributed by atoms with van der Waals surface area (Å²) in [5.74, 6) is -2.38. The van der Waals surface area contributed by atoms with Gasteiger partial charge in [0.25, 0.3) is 0 Å². The van der Waals surface area contributed by atoms with Crippen molar-refractivity contribution in [3.8, 4) is 0 Å². The summed E-state index contributed by atoms with van der Waals surface area (Å²) in [5, 5.41) is 8.81. The van der Waals surface area contributed by atoms with E-state index in [4.69, 9.17) is 9.84 Å². The summed E-state index contributed by atoms with van der Waals surface area (Å²) in [6, 6.07) is 0. The van der Waals surface area contributed by atoms with Crippen LogP contribution in [0, 0.1) is 5.92 Å². The zero-order chi connectivity index (χ0) is 14.6. The predicted octanol–water partition coefficient (Wildman–Crippen LogP) is -0.631. The van der Waals surface area contributed by atoms with Gasteiger partial charge in [-0.25, -0.2) is 13.2 Å². The van der Waals surface area contributed by atoms with E-state index >= 15 is 0 Å². The molecule has 19 heavy (non-hydrogen) atoms. The molecular weight excluding hydrogens is 274 g/mol. The Morgan fingerprint density at radius 1 is 1.42 bits per heavy atom. The highest BCUT2D eigenvalue weighted by Gasteiger charge is 2.31. The normalized spacial score (nSPS) is 20.6. The zero-order valence-corrected chi connectivity index (χ0v) is 11.9. The summed E-state index contributed by atoms with van der Waals surface area (Å²) in [6.07, 6.45) is -1.08. The number of amides is 1. The summed E-state index contributed by atoms with van der Waals surface area (Å²) < 4.78 is 28.4. The Morgan fingerprint density at radius 2 is 2.05 bits per heavy atom. The number of aliphatic carboxylic acids is 1. The molecule has 1 fully saturated rings. The van der Waals surface area contributed by atoms with Gasteiger partial charge in [-0.1, -0.05) is 13.8 Å². The minimum absolute atomic E-state index is 0.0470. The lowest BCUT2D eigenvalue weighted by atomic mass is 10.3. The lowest BCUT2D eigenvalue weighted by Crippen LogP contribution is -2.50. The van der Waals surface area contributed by atoms with E-state index in [0.717, 1.165) is 0 Å². The van der Waals surface area contributed by atoms with Crippen molar-refractivity contribution in [2.45, 2.75) is 20.0 Å². The van der Waals surface area contributed by atoms with Gasteiger partial charge in [0, 0.05) is 6.54 Å². The molecule has 0 aromatic rings. The fourth-order valence-corrected chi connectivity index (χ4v) is 3.56. The number of carboxylic acids is 1. The average Bonchev–Trinajstić information content (AvgIpc) is 2.26. The molecule has 110 valence electrons. The van der Waals surface area contributed by atoms with Crippen LogP contribution >= 0.6 is 0 Å². The van der Waals surface area contributed by atoms with Crippen LogP contribution in [0.5, 0.6) is 0 Å². The van der Waals surface area contributed by atoms with Gasteiger partial charge in [0.15, 0.2) is 15.9 Å². The van der Waals surface area contributed by atoms with E-state index in [1.807, 2.05) is 0 Å². The highest BCUT2D eigenvalue weighted by Crippen LogP contribution is 2.08. The molecule has 0 unspecified atom stereocenters. The Bertz CT molecular complexity index is 444. The number of ether oxygens (including phenoxy) is 1. The smallest absolute Gasteiger partial charge is 0.334 e. The van der Waals surface area contributed by atoms with Crippen molar-refractivity contribution in [2.75, 3.05) is 31.2 Å². The first-order valence-electron chi connectivity index (χ1n) is 6.04. The zero-order valence-electron chi connectivity index (χ0n) is 11.0. The molecule has 1 saturated heterocycles. The van der Waals surface area contributed by atoms with E-state index in [2.05, 4.69) is 0 Å². The van der Waals surface area contributed by atoms with Crippen LogP contribution in [0.1, 0.15) is 13.8 Å². The minimum atomic E-state index is -3.45. The first kappa shape index (κ1) is 15.9. The predicted molar refractivity (Wildman–Crippen MR) is 67.4 cm³/mol. The Labute approximate surface area is 112 Å².